The second kappa shape index (κ2) is 10.1. The highest BCUT2D eigenvalue weighted by molar-refractivity contribution is 6.46. The molecule has 4 aromatic rings. The van der Waals surface area contributed by atoms with Gasteiger partial charge < -0.3 is 14.7 Å². The predicted octanol–water partition coefficient (Wildman–Crippen LogP) is 5.03. The number of aliphatic hydroxyl groups excluding tert-OH is 1. The maximum atomic E-state index is 13.3. The predicted molar refractivity (Wildman–Crippen MR) is 138 cm³/mol. The van der Waals surface area contributed by atoms with E-state index in [1.54, 1.807) is 67.8 Å². The Morgan fingerprint density at radius 1 is 0.919 bits per heavy atom. The van der Waals surface area contributed by atoms with Crippen molar-refractivity contribution < 1.29 is 24.2 Å². The number of hydrogen-bond donors (Lipinski definition) is 1. The molecule has 1 unspecified atom stereocenters. The van der Waals surface area contributed by atoms with Crippen LogP contribution in [0, 0.1) is 0 Å². The highest BCUT2D eigenvalue weighted by Gasteiger charge is 2.46. The molecule has 1 aliphatic heterocycles. The van der Waals surface area contributed by atoms with E-state index in [1.807, 2.05) is 30.3 Å². The number of Topliss-reactive ketones (excluding diaryl/α,β-unsaturated/α-hetero) is 1. The van der Waals surface area contributed by atoms with Gasteiger partial charge in [0, 0.05) is 24.5 Å². The average Bonchev–Trinajstić information content (AvgIpc) is 3.18. The van der Waals surface area contributed by atoms with Crippen LogP contribution in [0.4, 0.5) is 0 Å². The lowest BCUT2D eigenvalue weighted by Crippen LogP contribution is -2.29. The van der Waals surface area contributed by atoms with Crippen LogP contribution >= 0.6 is 0 Å². The SMILES string of the molecule is CCOC(=O)c1ccc(CN2C(=O)C(=O)/C(=C(\O)c3ccc4ccccc4c3)C2c2ccncc2)cc1. The quantitative estimate of drug-likeness (QED) is 0.175. The van der Waals surface area contributed by atoms with E-state index in [0.717, 1.165) is 16.3 Å². The smallest absolute Gasteiger partial charge is 0.338 e. The zero-order chi connectivity index (χ0) is 25.9. The first-order valence-corrected chi connectivity index (χ1v) is 11.9. The monoisotopic (exact) mass is 492 g/mol. The van der Waals surface area contributed by atoms with Gasteiger partial charge in [-0.15, -0.1) is 0 Å². The Morgan fingerprint density at radius 3 is 2.30 bits per heavy atom. The van der Waals surface area contributed by atoms with Gasteiger partial charge in [-0.05, 0) is 59.2 Å². The molecule has 184 valence electrons. The summed E-state index contributed by atoms with van der Waals surface area (Å²) in [4.78, 5) is 44.0. The number of amides is 1. The van der Waals surface area contributed by atoms with Crippen LogP contribution in [0.25, 0.3) is 16.5 Å². The van der Waals surface area contributed by atoms with E-state index in [-0.39, 0.29) is 24.5 Å². The van der Waals surface area contributed by atoms with Crippen LogP contribution in [0.2, 0.25) is 0 Å². The van der Waals surface area contributed by atoms with Crippen molar-refractivity contribution in [3.63, 3.8) is 0 Å². The number of fused-ring (bicyclic) bond motifs is 1. The molecular formula is C30H24N2O5. The molecule has 1 fully saturated rings. The number of ether oxygens (including phenoxy) is 1. The fraction of sp³-hybridized carbons (Fsp3) is 0.133. The third kappa shape index (κ3) is 4.59. The van der Waals surface area contributed by atoms with Crippen LogP contribution in [-0.4, -0.2) is 39.3 Å². The molecule has 7 nitrogen and oxygen atoms in total. The normalized spacial score (nSPS) is 16.8. The van der Waals surface area contributed by atoms with Crippen LogP contribution < -0.4 is 0 Å². The number of carbonyl (C=O) groups excluding carboxylic acids is 3. The maximum absolute atomic E-state index is 13.3. The molecule has 1 atom stereocenters. The molecule has 3 aromatic carbocycles. The van der Waals surface area contributed by atoms with Crippen LogP contribution in [-0.2, 0) is 20.9 Å². The van der Waals surface area contributed by atoms with Gasteiger partial charge >= 0.3 is 5.97 Å². The number of hydrogen-bond acceptors (Lipinski definition) is 6. The first kappa shape index (κ1) is 23.9. The molecule has 2 heterocycles. The van der Waals surface area contributed by atoms with Crippen molar-refractivity contribution in [1.82, 2.24) is 9.88 Å². The second-order valence-electron chi connectivity index (χ2n) is 8.69. The van der Waals surface area contributed by atoms with Gasteiger partial charge in [0.25, 0.3) is 11.7 Å². The average molecular weight is 493 g/mol. The molecule has 0 saturated carbocycles. The third-order valence-corrected chi connectivity index (χ3v) is 6.40. The van der Waals surface area contributed by atoms with E-state index >= 15 is 0 Å². The lowest BCUT2D eigenvalue weighted by atomic mass is 9.95. The highest BCUT2D eigenvalue weighted by Crippen LogP contribution is 2.40. The van der Waals surface area contributed by atoms with Gasteiger partial charge in [-0.1, -0.05) is 48.5 Å². The van der Waals surface area contributed by atoms with E-state index in [0.29, 0.717) is 16.7 Å². The summed E-state index contributed by atoms with van der Waals surface area (Å²) in [7, 11) is 0. The number of ketones is 1. The van der Waals surface area contributed by atoms with Crippen molar-refractivity contribution >= 4 is 34.2 Å². The molecule has 0 spiro atoms. The van der Waals surface area contributed by atoms with E-state index in [2.05, 4.69) is 4.98 Å². The first-order valence-electron chi connectivity index (χ1n) is 11.9. The van der Waals surface area contributed by atoms with Crippen molar-refractivity contribution in [2.45, 2.75) is 19.5 Å². The summed E-state index contributed by atoms with van der Waals surface area (Å²) in [5.74, 6) is -2.12. The second-order valence-corrected chi connectivity index (χ2v) is 8.69. The number of nitrogens with zero attached hydrogens (tertiary/aromatic N) is 2. The minimum Gasteiger partial charge on any atom is -0.507 e. The Morgan fingerprint density at radius 2 is 1.59 bits per heavy atom. The largest absolute Gasteiger partial charge is 0.507 e. The number of benzene rings is 3. The van der Waals surface area contributed by atoms with Gasteiger partial charge in [0.2, 0.25) is 0 Å². The Balaban J connectivity index is 1.56. The zero-order valence-electron chi connectivity index (χ0n) is 20.1. The maximum Gasteiger partial charge on any atom is 0.338 e. The summed E-state index contributed by atoms with van der Waals surface area (Å²) < 4.78 is 5.03. The first-order chi connectivity index (χ1) is 18.0. The molecule has 1 saturated heterocycles. The summed E-state index contributed by atoms with van der Waals surface area (Å²) in [5, 5.41) is 13.2. The summed E-state index contributed by atoms with van der Waals surface area (Å²) in [6.45, 7) is 2.11. The lowest BCUT2D eigenvalue weighted by Gasteiger charge is -2.25. The van der Waals surface area contributed by atoms with Crippen molar-refractivity contribution in [1.29, 1.82) is 0 Å². The summed E-state index contributed by atoms with van der Waals surface area (Å²) in [5.41, 5.74) is 2.25. The minimum atomic E-state index is -0.806. The molecule has 0 bridgehead atoms. The molecule has 0 aliphatic carbocycles. The van der Waals surface area contributed by atoms with Crippen LogP contribution in [0.1, 0.15) is 40.0 Å². The van der Waals surface area contributed by atoms with E-state index in [4.69, 9.17) is 4.74 Å². The van der Waals surface area contributed by atoms with Gasteiger partial charge in [0.05, 0.1) is 23.8 Å². The molecule has 37 heavy (non-hydrogen) atoms. The minimum absolute atomic E-state index is 0.0228. The highest BCUT2D eigenvalue weighted by atomic mass is 16.5. The molecular weight excluding hydrogens is 468 g/mol. The fourth-order valence-corrected chi connectivity index (χ4v) is 4.58. The molecule has 5 rings (SSSR count). The number of carbonyl (C=O) groups is 3. The third-order valence-electron chi connectivity index (χ3n) is 6.40. The van der Waals surface area contributed by atoms with E-state index in [9.17, 15) is 19.5 Å². The Bertz CT molecular complexity index is 1530. The molecule has 1 aliphatic rings. The van der Waals surface area contributed by atoms with Gasteiger partial charge in [-0.25, -0.2) is 4.79 Å². The van der Waals surface area contributed by atoms with Gasteiger partial charge in [-0.3, -0.25) is 14.6 Å². The van der Waals surface area contributed by atoms with E-state index < -0.39 is 23.7 Å². The Kier molecular flexibility index (Phi) is 6.51. The van der Waals surface area contributed by atoms with Crippen LogP contribution in [0.5, 0.6) is 0 Å². The molecule has 1 aromatic heterocycles. The van der Waals surface area contributed by atoms with Crippen LogP contribution in [0.15, 0.2) is 96.8 Å². The fourth-order valence-electron chi connectivity index (χ4n) is 4.58. The lowest BCUT2D eigenvalue weighted by molar-refractivity contribution is -0.140. The summed E-state index contributed by atoms with van der Waals surface area (Å²) >= 11 is 0. The molecule has 7 heteroatoms. The van der Waals surface area contributed by atoms with Gasteiger partial charge in [0.15, 0.2) is 0 Å². The number of esters is 1. The zero-order valence-corrected chi connectivity index (χ0v) is 20.1. The Hall–Kier alpha value is -4.78. The molecule has 1 N–H and O–H groups in total. The van der Waals surface area contributed by atoms with Gasteiger partial charge in [0.1, 0.15) is 5.76 Å². The van der Waals surface area contributed by atoms with Crippen molar-refractivity contribution in [2.24, 2.45) is 0 Å². The standard InChI is InChI=1S/C30H24N2O5/c1-2-37-30(36)22-9-7-19(8-10-22)18-32-26(21-13-15-31-16-14-21)25(28(34)29(32)35)27(33)24-12-11-20-5-3-4-6-23(20)17-24/h3-17,26,33H,2,18H2,1H3/b27-25-. The van der Waals surface area contributed by atoms with Crippen LogP contribution in [0.3, 0.4) is 0 Å². The number of aliphatic hydroxyl groups is 1. The number of rotatable bonds is 6. The summed E-state index contributed by atoms with van der Waals surface area (Å²) in [6.07, 6.45) is 3.17. The summed E-state index contributed by atoms with van der Waals surface area (Å²) in [6, 6.07) is 22.4. The topological polar surface area (TPSA) is 96.8 Å². The van der Waals surface area contributed by atoms with Gasteiger partial charge in [-0.2, -0.15) is 0 Å². The van der Waals surface area contributed by atoms with E-state index in [1.165, 1.54) is 4.90 Å². The van der Waals surface area contributed by atoms with Crippen molar-refractivity contribution in [3.8, 4) is 0 Å². The number of pyridine rings is 1. The molecule has 0 radical (unpaired) electrons. The molecule has 1 amide bonds. The van der Waals surface area contributed by atoms with Crippen molar-refractivity contribution in [3.05, 3.63) is 119 Å². The number of likely N-dealkylation sites (tertiary alicyclic amines) is 1. The Labute approximate surface area is 213 Å². The van der Waals surface area contributed by atoms with Crippen molar-refractivity contribution in [2.75, 3.05) is 6.61 Å². The number of aromatic nitrogens is 1.